The second-order valence-electron chi connectivity index (χ2n) is 6.65. The standard InChI is InChI=1S/C20H16Cl2N6O2S2/c1-10-25-26-20-28(10)27-18(32-20)12-5-3-11(4-6-12)9-23-19(31)24-17(29)14-7-13(21)8-15(22)16(14)30-2/h3-8H,9H2,1-2H3,(H2,23,24,29,31). The maximum absolute atomic E-state index is 12.6. The van der Waals surface area contributed by atoms with Crippen LogP contribution in [0, 0.1) is 6.92 Å². The van der Waals surface area contributed by atoms with Crippen molar-refractivity contribution in [2.75, 3.05) is 7.11 Å². The first-order chi connectivity index (χ1) is 15.4. The zero-order valence-corrected chi connectivity index (χ0v) is 20.0. The molecule has 0 atom stereocenters. The van der Waals surface area contributed by atoms with E-state index >= 15 is 0 Å². The summed E-state index contributed by atoms with van der Waals surface area (Å²) >= 11 is 18.8. The van der Waals surface area contributed by atoms with Crippen molar-refractivity contribution in [3.05, 3.63) is 63.4 Å². The molecule has 0 saturated carbocycles. The van der Waals surface area contributed by atoms with Gasteiger partial charge < -0.3 is 10.1 Å². The second-order valence-corrected chi connectivity index (χ2v) is 8.86. The van der Waals surface area contributed by atoms with Gasteiger partial charge in [-0.3, -0.25) is 10.1 Å². The Labute approximate surface area is 202 Å². The van der Waals surface area contributed by atoms with Gasteiger partial charge in [0.05, 0.1) is 17.7 Å². The van der Waals surface area contributed by atoms with Crippen LogP contribution in [0.2, 0.25) is 10.0 Å². The molecule has 0 bridgehead atoms. The third-order valence-electron chi connectivity index (χ3n) is 4.48. The van der Waals surface area contributed by atoms with Crippen LogP contribution in [-0.4, -0.2) is 37.9 Å². The highest BCUT2D eigenvalue weighted by Crippen LogP contribution is 2.32. The number of methoxy groups -OCH3 is 1. The van der Waals surface area contributed by atoms with Gasteiger partial charge in [-0.15, -0.1) is 10.2 Å². The van der Waals surface area contributed by atoms with Crippen LogP contribution >= 0.6 is 46.8 Å². The number of thiocarbonyl (C=S) groups is 1. The molecular formula is C20H16Cl2N6O2S2. The maximum Gasteiger partial charge on any atom is 0.261 e. The number of aromatic nitrogens is 4. The van der Waals surface area contributed by atoms with Crippen molar-refractivity contribution in [2.24, 2.45) is 0 Å². The van der Waals surface area contributed by atoms with Crippen LogP contribution in [0.15, 0.2) is 36.4 Å². The monoisotopic (exact) mass is 506 g/mol. The minimum absolute atomic E-state index is 0.168. The first-order valence-electron chi connectivity index (χ1n) is 9.26. The number of rotatable bonds is 5. The molecule has 0 aliphatic rings. The first kappa shape index (κ1) is 22.4. The maximum atomic E-state index is 12.6. The number of ether oxygens (including phenoxy) is 1. The lowest BCUT2D eigenvalue weighted by molar-refractivity contribution is 0.0973. The van der Waals surface area contributed by atoms with E-state index in [1.54, 1.807) is 4.52 Å². The highest BCUT2D eigenvalue weighted by atomic mass is 35.5. The van der Waals surface area contributed by atoms with E-state index in [9.17, 15) is 4.79 Å². The van der Waals surface area contributed by atoms with E-state index in [0.717, 1.165) is 26.9 Å². The van der Waals surface area contributed by atoms with Crippen molar-refractivity contribution in [3.63, 3.8) is 0 Å². The number of amides is 1. The van der Waals surface area contributed by atoms with Crippen molar-refractivity contribution < 1.29 is 9.53 Å². The predicted molar refractivity (Wildman–Crippen MR) is 129 cm³/mol. The third kappa shape index (κ3) is 4.68. The number of fused-ring (bicyclic) bond motifs is 1. The number of aryl methyl sites for hydroxylation is 1. The molecule has 0 aliphatic heterocycles. The number of hydrogen-bond acceptors (Lipinski definition) is 7. The fraction of sp³-hybridized carbons (Fsp3) is 0.150. The van der Waals surface area contributed by atoms with Gasteiger partial charge in [0.1, 0.15) is 10.8 Å². The van der Waals surface area contributed by atoms with Gasteiger partial charge in [-0.1, -0.05) is 58.8 Å². The molecule has 0 radical (unpaired) electrons. The van der Waals surface area contributed by atoms with Gasteiger partial charge in [0, 0.05) is 17.1 Å². The number of hydrogen-bond donors (Lipinski definition) is 2. The number of halogens is 2. The van der Waals surface area contributed by atoms with Gasteiger partial charge in [0.2, 0.25) is 4.96 Å². The van der Waals surface area contributed by atoms with Crippen LogP contribution in [0.4, 0.5) is 0 Å². The van der Waals surface area contributed by atoms with E-state index in [-0.39, 0.29) is 21.4 Å². The number of benzene rings is 2. The van der Waals surface area contributed by atoms with E-state index in [0.29, 0.717) is 11.6 Å². The highest BCUT2D eigenvalue weighted by molar-refractivity contribution is 7.80. The van der Waals surface area contributed by atoms with Crippen LogP contribution in [0.5, 0.6) is 5.75 Å². The summed E-state index contributed by atoms with van der Waals surface area (Å²) in [5.74, 6) is 0.502. The second kappa shape index (κ2) is 9.37. The minimum Gasteiger partial charge on any atom is -0.494 e. The third-order valence-corrected chi connectivity index (χ3v) is 6.18. The summed E-state index contributed by atoms with van der Waals surface area (Å²) in [6, 6.07) is 10.8. The number of nitrogens with one attached hydrogen (secondary N) is 2. The van der Waals surface area contributed by atoms with Gasteiger partial charge in [0.15, 0.2) is 10.9 Å². The molecule has 4 rings (SSSR count). The van der Waals surface area contributed by atoms with Crippen LogP contribution in [0.3, 0.4) is 0 Å². The van der Waals surface area contributed by atoms with Gasteiger partial charge in [-0.05, 0) is 36.8 Å². The lowest BCUT2D eigenvalue weighted by atomic mass is 10.1. The molecule has 2 aromatic heterocycles. The molecule has 32 heavy (non-hydrogen) atoms. The average molecular weight is 507 g/mol. The quantitative estimate of drug-likeness (QED) is 0.390. The molecule has 0 spiro atoms. The fourth-order valence-electron chi connectivity index (χ4n) is 2.93. The average Bonchev–Trinajstić information content (AvgIpc) is 3.34. The molecule has 2 aromatic carbocycles. The molecule has 2 N–H and O–H groups in total. The molecular weight excluding hydrogens is 491 g/mol. The van der Waals surface area contributed by atoms with Crippen molar-refractivity contribution in [1.29, 1.82) is 0 Å². The van der Waals surface area contributed by atoms with Crippen LogP contribution in [-0.2, 0) is 6.54 Å². The Bertz CT molecular complexity index is 1320. The molecule has 0 unspecified atom stereocenters. The zero-order valence-electron chi connectivity index (χ0n) is 16.8. The summed E-state index contributed by atoms with van der Waals surface area (Å²) in [4.78, 5) is 13.3. The van der Waals surface area contributed by atoms with Crippen LogP contribution < -0.4 is 15.4 Å². The summed E-state index contributed by atoms with van der Waals surface area (Å²) in [5, 5.41) is 19.8. The number of carbonyl (C=O) groups excluding carboxylic acids is 1. The SMILES string of the molecule is COc1c(Cl)cc(Cl)cc1C(=O)NC(=S)NCc1ccc(-c2nn3c(C)nnc3s2)cc1. The predicted octanol–water partition coefficient (Wildman–Crippen LogP) is 4.28. The van der Waals surface area contributed by atoms with E-state index in [1.807, 2.05) is 31.2 Å². The normalized spacial score (nSPS) is 10.9. The van der Waals surface area contributed by atoms with Gasteiger partial charge >= 0.3 is 0 Å². The summed E-state index contributed by atoms with van der Waals surface area (Å²) < 4.78 is 6.92. The Balaban J connectivity index is 1.37. The highest BCUT2D eigenvalue weighted by Gasteiger charge is 2.18. The van der Waals surface area contributed by atoms with E-state index in [4.69, 9.17) is 40.2 Å². The fourth-order valence-corrected chi connectivity index (χ4v) is 4.56. The Morgan fingerprint density at radius 1 is 1.22 bits per heavy atom. The van der Waals surface area contributed by atoms with Crippen LogP contribution in [0.25, 0.3) is 15.5 Å². The number of nitrogens with zero attached hydrogens (tertiary/aromatic N) is 4. The molecule has 0 fully saturated rings. The molecule has 0 saturated heterocycles. The van der Waals surface area contributed by atoms with Gasteiger partial charge in [-0.2, -0.15) is 9.61 Å². The zero-order chi connectivity index (χ0) is 22.8. The van der Waals surface area contributed by atoms with Crippen molar-refractivity contribution in [2.45, 2.75) is 13.5 Å². The van der Waals surface area contributed by atoms with Gasteiger partial charge in [0.25, 0.3) is 5.91 Å². The lowest BCUT2D eigenvalue weighted by Gasteiger charge is -2.13. The molecule has 2 heterocycles. The Kier molecular flexibility index (Phi) is 6.56. The smallest absolute Gasteiger partial charge is 0.261 e. The Morgan fingerprint density at radius 2 is 1.97 bits per heavy atom. The Hall–Kier alpha value is -2.79. The van der Waals surface area contributed by atoms with E-state index < -0.39 is 5.91 Å². The topological polar surface area (TPSA) is 93.4 Å². The Morgan fingerprint density at radius 3 is 2.66 bits per heavy atom. The van der Waals surface area contributed by atoms with E-state index in [2.05, 4.69) is 25.9 Å². The minimum atomic E-state index is -0.474. The molecule has 1 amide bonds. The summed E-state index contributed by atoms with van der Waals surface area (Å²) in [7, 11) is 1.42. The first-order valence-corrected chi connectivity index (χ1v) is 11.2. The van der Waals surface area contributed by atoms with Crippen molar-refractivity contribution >= 4 is 62.7 Å². The summed E-state index contributed by atoms with van der Waals surface area (Å²) in [5.41, 5.74) is 2.15. The van der Waals surface area contributed by atoms with E-state index in [1.165, 1.54) is 30.6 Å². The van der Waals surface area contributed by atoms with Crippen LogP contribution in [0.1, 0.15) is 21.7 Å². The summed E-state index contributed by atoms with van der Waals surface area (Å²) in [6.07, 6.45) is 0. The molecule has 8 nitrogen and oxygen atoms in total. The summed E-state index contributed by atoms with van der Waals surface area (Å²) in [6.45, 7) is 2.29. The molecule has 0 aliphatic carbocycles. The van der Waals surface area contributed by atoms with Gasteiger partial charge in [-0.25, -0.2) is 0 Å². The van der Waals surface area contributed by atoms with Crippen molar-refractivity contribution in [3.8, 4) is 16.3 Å². The molecule has 164 valence electrons. The lowest BCUT2D eigenvalue weighted by Crippen LogP contribution is -2.39. The largest absolute Gasteiger partial charge is 0.494 e. The number of carbonyl (C=O) groups is 1. The molecule has 12 heteroatoms. The molecule has 4 aromatic rings. The van der Waals surface area contributed by atoms with Crippen molar-refractivity contribution in [1.82, 2.24) is 30.4 Å².